The van der Waals surface area contributed by atoms with E-state index in [1.54, 1.807) is 6.07 Å². The van der Waals surface area contributed by atoms with Crippen LogP contribution in [-0.4, -0.2) is 35.8 Å². The molecule has 1 heterocycles. The van der Waals surface area contributed by atoms with Crippen molar-refractivity contribution in [3.8, 4) is 6.07 Å². The Hall–Kier alpha value is -1.33. The van der Waals surface area contributed by atoms with E-state index in [4.69, 9.17) is 28.5 Å². The molecule has 6 nitrogen and oxygen atoms in total. The zero-order valence-electron chi connectivity index (χ0n) is 9.92. The number of fused-ring (bicyclic) bond motifs is 1. The van der Waals surface area contributed by atoms with Crippen molar-refractivity contribution in [2.75, 3.05) is 14.1 Å². The van der Waals surface area contributed by atoms with Gasteiger partial charge in [0.2, 0.25) is 5.82 Å². The van der Waals surface area contributed by atoms with Crippen molar-refractivity contribution in [3.63, 3.8) is 0 Å². The molecule has 2 rings (SSSR count). The van der Waals surface area contributed by atoms with E-state index in [-0.39, 0.29) is 26.9 Å². The molecule has 0 saturated carbocycles. The molecule has 9 heteroatoms. The van der Waals surface area contributed by atoms with Gasteiger partial charge < -0.3 is 0 Å². The van der Waals surface area contributed by atoms with Gasteiger partial charge in [-0.25, -0.2) is 4.98 Å². The maximum absolute atomic E-state index is 12.2. The summed E-state index contributed by atoms with van der Waals surface area (Å²) in [6.07, 6.45) is 0. The van der Waals surface area contributed by atoms with Crippen molar-refractivity contribution in [2.24, 2.45) is 0 Å². The molecule has 0 atom stereocenters. The quantitative estimate of drug-likeness (QED) is 0.846. The van der Waals surface area contributed by atoms with Gasteiger partial charge in [-0.2, -0.15) is 22.0 Å². The molecule has 1 aromatic carbocycles. The lowest BCUT2D eigenvalue weighted by atomic mass is 10.3. The Kier molecular flexibility index (Phi) is 3.45. The van der Waals surface area contributed by atoms with Gasteiger partial charge in [0, 0.05) is 14.1 Å². The van der Waals surface area contributed by atoms with Crippen LogP contribution in [0.2, 0.25) is 10.0 Å². The molecule has 0 spiro atoms. The van der Waals surface area contributed by atoms with E-state index in [0.717, 1.165) is 8.28 Å². The number of nitrogens with zero attached hydrogens (tertiary/aromatic N) is 4. The predicted octanol–water partition coefficient (Wildman–Crippen LogP) is 1.87. The summed E-state index contributed by atoms with van der Waals surface area (Å²) in [7, 11) is -1.15. The Labute approximate surface area is 120 Å². The van der Waals surface area contributed by atoms with Crippen LogP contribution in [0, 0.1) is 11.3 Å². The molecular weight excluding hydrogens is 311 g/mol. The van der Waals surface area contributed by atoms with Gasteiger partial charge in [0.1, 0.15) is 6.07 Å². The number of rotatable bonds is 2. The van der Waals surface area contributed by atoms with Gasteiger partial charge in [0.25, 0.3) is 0 Å². The first-order chi connectivity index (χ1) is 8.78. The molecule has 0 unspecified atom stereocenters. The van der Waals surface area contributed by atoms with E-state index in [0.29, 0.717) is 0 Å². The second-order valence-corrected chi connectivity index (χ2v) is 6.66. The van der Waals surface area contributed by atoms with Crippen LogP contribution in [0.4, 0.5) is 0 Å². The summed E-state index contributed by atoms with van der Waals surface area (Å²) < 4.78 is 26.2. The van der Waals surface area contributed by atoms with Crippen molar-refractivity contribution in [1.29, 1.82) is 5.26 Å². The standard InChI is InChI=1S/C10H8Cl2N4O2S/c1-15(2)19(17,18)16-9-4-7(12)6(11)3-8(9)14-10(16)5-13/h3-4H,1-2H3. The van der Waals surface area contributed by atoms with Crippen LogP contribution in [0.1, 0.15) is 5.82 Å². The highest BCUT2D eigenvalue weighted by Crippen LogP contribution is 2.29. The first kappa shape index (κ1) is 14.1. The van der Waals surface area contributed by atoms with Crippen LogP contribution in [0.25, 0.3) is 11.0 Å². The molecule has 2 aromatic rings. The fourth-order valence-electron chi connectivity index (χ4n) is 1.52. The molecule has 0 aliphatic heterocycles. The molecule has 0 aliphatic carbocycles. The molecule has 100 valence electrons. The van der Waals surface area contributed by atoms with Gasteiger partial charge in [0.05, 0.1) is 21.1 Å². The van der Waals surface area contributed by atoms with Crippen molar-refractivity contribution in [3.05, 3.63) is 28.0 Å². The summed E-state index contributed by atoms with van der Waals surface area (Å²) in [6.45, 7) is 0. The molecule has 19 heavy (non-hydrogen) atoms. The molecular formula is C10H8Cl2N4O2S. The minimum atomic E-state index is -3.87. The molecule has 0 amide bonds. The topological polar surface area (TPSA) is 79.0 Å². The van der Waals surface area contributed by atoms with E-state index in [9.17, 15) is 8.42 Å². The summed E-state index contributed by atoms with van der Waals surface area (Å²) >= 11 is 11.7. The van der Waals surface area contributed by atoms with Crippen LogP contribution in [0.15, 0.2) is 12.1 Å². The summed E-state index contributed by atoms with van der Waals surface area (Å²) in [5.74, 6) is -0.248. The van der Waals surface area contributed by atoms with Crippen LogP contribution in [0.5, 0.6) is 0 Å². The minimum Gasteiger partial charge on any atom is -0.218 e. The lowest BCUT2D eigenvalue weighted by Gasteiger charge is -2.13. The maximum Gasteiger partial charge on any atom is 0.309 e. The third kappa shape index (κ3) is 2.17. The molecule has 1 aromatic heterocycles. The average molecular weight is 319 g/mol. The monoisotopic (exact) mass is 318 g/mol. The summed E-state index contributed by atoms with van der Waals surface area (Å²) in [5.41, 5.74) is 0.496. The normalized spacial score (nSPS) is 12.0. The second kappa shape index (κ2) is 4.65. The van der Waals surface area contributed by atoms with Crippen LogP contribution < -0.4 is 0 Å². The maximum atomic E-state index is 12.2. The Bertz CT molecular complexity index is 805. The fraction of sp³-hybridized carbons (Fsp3) is 0.200. The zero-order chi connectivity index (χ0) is 14.4. The van der Waals surface area contributed by atoms with Gasteiger partial charge >= 0.3 is 10.2 Å². The number of hydrogen-bond acceptors (Lipinski definition) is 4. The number of halogens is 2. The van der Waals surface area contributed by atoms with Gasteiger partial charge in [-0.1, -0.05) is 23.2 Å². The highest BCUT2D eigenvalue weighted by atomic mass is 35.5. The smallest absolute Gasteiger partial charge is 0.218 e. The van der Waals surface area contributed by atoms with E-state index in [1.807, 2.05) is 0 Å². The van der Waals surface area contributed by atoms with E-state index < -0.39 is 10.2 Å². The third-order valence-electron chi connectivity index (χ3n) is 2.45. The van der Waals surface area contributed by atoms with Gasteiger partial charge in [-0.15, -0.1) is 0 Å². The third-order valence-corrected chi connectivity index (χ3v) is 4.92. The predicted molar refractivity (Wildman–Crippen MR) is 72.5 cm³/mol. The summed E-state index contributed by atoms with van der Waals surface area (Å²) in [5, 5.41) is 9.45. The van der Waals surface area contributed by atoms with Crippen LogP contribution >= 0.6 is 23.2 Å². The largest absolute Gasteiger partial charge is 0.309 e. The molecule has 0 fully saturated rings. The number of imidazole rings is 1. The number of aromatic nitrogens is 2. The SMILES string of the molecule is CN(C)S(=O)(=O)n1c(C#N)nc2cc(Cl)c(Cl)cc21. The lowest BCUT2D eigenvalue weighted by molar-refractivity contribution is 0.511. The zero-order valence-corrected chi connectivity index (χ0v) is 12.3. The van der Waals surface area contributed by atoms with Gasteiger partial charge in [-0.3, -0.25) is 0 Å². The summed E-state index contributed by atoms with van der Waals surface area (Å²) in [6, 6.07) is 4.53. The number of hydrogen-bond donors (Lipinski definition) is 0. The molecule has 0 saturated heterocycles. The van der Waals surface area contributed by atoms with E-state index in [1.165, 1.54) is 26.2 Å². The van der Waals surface area contributed by atoms with Crippen LogP contribution in [0.3, 0.4) is 0 Å². The number of nitriles is 1. The van der Waals surface area contributed by atoms with Crippen molar-refractivity contribution in [2.45, 2.75) is 0 Å². The van der Waals surface area contributed by atoms with Crippen molar-refractivity contribution >= 4 is 44.4 Å². The first-order valence-electron chi connectivity index (χ1n) is 4.99. The Morgan fingerprint density at radius 1 is 1.32 bits per heavy atom. The summed E-state index contributed by atoms with van der Waals surface area (Å²) in [4.78, 5) is 3.93. The number of benzene rings is 1. The van der Waals surface area contributed by atoms with E-state index >= 15 is 0 Å². The highest BCUT2D eigenvalue weighted by Gasteiger charge is 2.24. The Morgan fingerprint density at radius 2 is 1.89 bits per heavy atom. The molecule has 0 aliphatic rings. The van der Waals surface area contributed by atoms with Crippen LogP contribution in [-0.2, 0) is 10.2 Å². The molecule has 0 N–H and O–H groups in total. The van der Waals surface area contributed by atoms with E-state index in [2.05, 4.69) is 4.98 Å². The lowest BCUT2D eigenvalue weighted by Crippen LogP contribution is -2.29. The Morgan fingerprint density at radius 3 is 2.42 bits per heavy atom. The average Bonchev–Trinajstić information content (AvgIpc) is 2.67. The minimum absolute atomic E-state index is 0.189. The second-order valence-electron chi connectivity index (χ2n) is 3.86. The van der Waals surface area contributed by atoms with Gasteiger partial charge in [0.15, 0.2) is 0 Å². The van der Waals surface area contributed by atoms with Crippen molar-refractivity contribution in [1.82, 2.24) is 13.3 Å². The molecule has 0 radical (unpaired) electrons. The van der Waals surface area contributed by atoms with Crippen molar-refractivity contribution < 1.29 is 8.42 Å². The highest BCUT2D eigenvalue weighted by molar-refractivity contribution is 7.87. The Balaban J connectivity index is 2.95. The first-order valence-corrected chi connectivity index (χ1v) is 7.15. The molecule has 0 bridgehead atoms. The van der Waals surface area contributed by atoms with Gasteiger partial charge in [-0.05, 0) is 12.1 Å². The fourth-order valence-corrected chi connectivity index (χ4v) is 2.86.